The fourth-order valence-electron chi connectivity index (χ4n) is 0.950. The fraction of sp³-hybridized carbons (Fsp3) is 0.333. The summed E-state index contributed by atoms with van der Waals surface area (Å²) < 4.78 is 25.1. The SMILES string of the molecule is CC(F)C(N)c1ccc(F)cc1. The van der Waals surface area contributed by atoms with E-state index in [1.165, 1.54) is 31.2 Å². The Kier molecular flexibility index (Phi) is 2.76. The second-order valence-electron chi connectivity index (χ2n) is 2.75. The van der Waals surface area contributed by atoms with Crippen molar-refractivity contribution in [1.29, 1.82) is 0 Å². The molecular formula is C9H11F2N. The number of hydrogen-bond acceptors (Lipinski definition) is 1. The molecule has 0 spiro atoms. The van der Waals surface area contributed by atoms with Crippen molar-refractivity contribution < 1.29 is 8.78 Å². The number of halogens is 2. The van der Waals surface area contributed by atoms with Gasteiger partial charge in [-0.15, -0.1) is 0 Å². The highest BCUT2D eigenvalue weighted by atomic mass is 19.1. The lowest BCUT2D eigenvalue weighted by Crippen LogP contribution is -2.19. The third-order valence-electron chi connectivity index (χ3n) is 1.75. The lowest BCUT2D eigenvalue weighted by molar-refractivity contribution is 0.309. The first-order chi connectivity index (χ1) is 5.61. The number of alkyl halides is 1. The molecule has 0 amide bonds. The van der Waals surface area contributed by atoms with Gasteiger partial charge >= 0.3 is 0 Å². The van der Waals surface area contributed by atoms with Crippen LogP contribution in [0.5, 0.6) is 0 Å². The van der Waals surface area contributed by atoms with E-state index >= 15 is 0 Å². The Hall–Kier alpha value is -0.960. The molecule has 0 aliphatic rings. The highest BCUT2D eigenvalue weighted by molar-refractivity contribution is 5.20. The molecule has 66 valence electrons. The molecule has 2 atom stereocenters. The molecule has 1 nitrogen and oxygen atoms in total. The van der Waals surface area contributed by atoms with Gasteiger partial charge in [-0.1, -0.05) is 12.1 Å². The van der Waals surface area contributed by atoms with Crippen LogP contribution in [0.2, 0.25) is 0 Å². The van der Waals surface area contributed by atoms with Crippen molar-refractivity contribution in [3.63, 3.8) is 0 Å². The number of nitrogens with two attached hydrogens (primary N) is 1. The Balaban J connectivity index is 2.82. The predicted octanol–water partition coefficient (Wildman–Crippen LogP) is 2.18. The van der Waals surface area contributed by atoms with E-state index in [4.69, 9.17) is 5.73 Å². The van der Waals surface area contributed by atoms with Gasteiger partial charge in [0.25, 0.3) is 0 Å². The average molecular weight is 171 g/mol. The maximum Gasteiger partial charge on any atom is 0.123 e. The topological polar surface area (TPSA) is 26.0 Å². The van der Waals surface area contributed by atoms with E-state index in [9.17, 15) is 8.78 Å². The van der Waals surface area contributed by atoms with Gasteiger partial charge in [0.15, 0.2) is 0 Å². The molecule has 0 aromatic heterocycles. The summed E-state index contributed by atoms with van der Waals surface area (Å²) >= 11 is 0. The van der Waals surface area contributed by atoms with Crippen LogP contribution in [0, 0.1) is 5.82 Å². The van der Waals surface area contributed by atoms with Crippen LogP contribution in [0.25, 0.3) is 0 Å². The minimum Gasteiger partial charge on any atom is -0.322 e. The molecule has 12 heavy (non-hydrogen) atoms. The molecule has 0 fully saturated rings. The molecular weight excluding hydrogens is 160 g/mol. The van der Waals surface area contributed by atoms with Crippen LogP contribution < -0.4 is 5.73 Å². The molecule has 3 heteroatoms. The number of rotatable bonds is 2. The zero-order valence-electron chi connectivity index (χ0n) is 6.80. The molecule has 0 saturated carbocycles. The summed E-state index contributed by atoms with van der Waals surface area (Å²) in [6, 6.07) is 4.88. The van der Waals surface area contributed by atoms with Gasteiger partial charge in [0.2, 0.25) is 0 Å². The first-order valence-electron chi connectivity index (χ1n) is 3.76. The standard InChI is InChI=1S/C9H11F2N/c1-6(10)9(12)7-2-4-8(11)5-3-7/h2-6,9H,12H2,1H3. The van der Waals surface area contributed by atoms with Gasteiger partial charge in [0, 0.05) is 0 Å². The Morgan fingerprint density at radius 2 is 1.75 bits per heavy atom. The van der Waals surface area contributed by atoms with E-state index in [0.29, 0.717) is 5.56 Å². The van der Waals surface area contributed by atoms with Crippen LogP contribution >= 0.6 is 0 Å². The summed E-state index contributed by atoms with van der Waals surface area (Å²) in [5, 5.41) is 0. The Labute approximate surface area is 70.2 Å². The van der Waals surface area contributed by atoms with Crippen LogP contribution in [0.4, 0.5) is 8.78 Å². The van der Waals surface area contributed by atoms with Crippen molar-refractivity contribution >= 4 is 0 Å². The summed E-state index contributed by atoms with van der Waals surface area (Å²) in [5.74, 6) is -0.336. The van der Waals surface area contributed by atoms with E-state index in [0.717, 1.165) is 0 Å². The second kappa shape index (κ2) is 3.63. The molecule has 2 unspecified atom stereocenters. The zero-order chi connectivity index (χ0) is 9.14. The van der Waals surface area contributed by atoms with E-state index in [2.05, 4.69) is 0 Å². The molecule has 1 aromatic rings. The van der Waals surface area contributed by atoms with E-state index in [1.807, 2.05) is 0 Å². The number of benzene rings is 1. The normalized spacial score (nSPS) is 15.7. The van der Waals surface area contributed by atoms with Gasteiger partial charge in [-0.25, -0.2) is 8.78 Å². The van der Waals surface area contributed by atoms with Gasteiger partial charge in [-0.2, -0.15) is 0 Å². The van der Waals surface area contributed by atoms with Gasteiger partial charge < -0.3 is 5.73 Å². The third-order valence-corrected chi connectivity index (χ3v) is 1.75. The molecule has 0 aliphatic carbocycles. The fourth-order valence-corrected chi connectivity index (χ4v) is 0.950. The molecule has 0 aliphatic heterocycles. The maximum absolute atomic E-state index is 12.7. The minimum atomic E-state index is -1.12. The smallest absolute Gasteiger partial charge is 0.123 e. The van der Waals surface area contributed by atoms with Crippen LogP contribution in [0.3, 0.4) is 0 Å². The largest absolute Gasteiger partial charge is 0.322 e. The lowest BCUT2D eigenvalue weighted by Gasteiger charge is -2.12. The van der Waals surface area contributed by atoms with Crippen LogP contribution in [0.15, 0.2) is 24.3 Å². The first-order valence-corrected chi connectivity index (χ1v) is 3.76. The van der Waals surface area contributed by atoms with Gasteiger partial charge in [0.05, 0.1) is 6.04 Å². The van der Waals surface area contributed by atoms with Crippen LogP contribution in [0.1, 0.15) is 18.5 Å². The summed E-state index contributed by atoms with van der Waals surface area (Å²) in [6.45, 7) is 1.38. The summed E-state index contributed by atoms with van der Waals surface area (Å²) in [6.07, 6.45) is -1.12. The number of hydrogen-bond donors (Lipinski definition) is 1. The first kappa shape index (κ1) is 9.13. The van der Waals surface area contributed by atoms with Crippen molar-refractivity contribution in [1.82, 2.24) is 0 Å². The molecule has 2 N–H and O–H groups in total. The lowest BCUT2D eigenvalue weighted by atomic mass is 10.0. The Bertz CT molecular complexity index is 243. The van der Waals surface area contributed by atoms with Gasteiger partial charge in [0.1, 0.15) is 12.0 Å². The van der Waals surface area contributed by atoms with Crippen molar-refractivity contribution in [2.24, 2.45) is 5.73 Å². The second-order valence-corrected chi connectivity index (χ2v) is 2.75. The van der Waals surface area contributed by atoms with Crippen molar-refractivity contribution in [2.45, 2.75) is 19.1 Å². The minimum absolute atomic E-state index is 0.336. The molecule has 0 heterocycles. The highest BCUT2D eigenvalue weighted by Gasteiger charge is 2.12. The predicted molar refractivity (Wildman–Crippen MR) is 43.9 cm³/mol. The molecule has 0 saturated heterocycles. The molecule has 1 rings (SSSR count). The summed E-state index contributed by atoms with van der Waals surface area (Å²) in [4.78, 5) is 0. The average Bonchev–Trinajstić information content (AvgIpc) is 2.04. The zero-order valence-corrected chi connectivity index (χ0v) is 6.80. The third kappa shape index (κ3) is 2.01. The monoisotopic (exact) mass is 171 g/mol. The van der Waals surface area contributed by atoms with Gasteiger partial charge in [-0.3, -0.25) is 0 Å². The highest BCUT2D eigenvalue weighted by Crippen LogP contribution is 2.16. The quantitative estimate of drug-likeness (QED) is 0.725. The van der Waals surface area contributed by atoms with E-state index in [1.54, 1.807) is 0 Å². The summed E-state index contributed by atoms with van der Waals surface area (Å²) in [7, 11) is 0. The van der Waals surface area contributed by atoms with Crippen molar-refractivity contribution in [3.05, 3.63) is 35.6 Å². The molecule has 1 aromatic carbocycles. The van der Waals surface area contributed by atoms with Gasteiger partial charge in [-0.05, 0) is 24.6 Å². The van der Waals surface area contributed by atoms with E-state index < -0.39 is 12.2 Å². The Morgan fingerprint density at radius 1 is 1.25 bits per heavy atom. The summed E-state index contributed by atoms with van der Waals surface area (Å²) in [5.41, 5.74) is 6.11. The van der Waals surface area contributed by atoms with E-state index in [-0.39, 0.29) is 5.82 Å². The van der Waals surface area contributed by atoms with Crippen molar-refractivity contribution in [3.8, 4) is 0 Å². The molecule has 0 radical (unpaired) electrons. The molecule has 0 bridgehead atoms. The van der Waals surface area contributed by atoms with Crippen molar-refractivity contribution in [2.75, 3.05) is 0 Å². The Morgan fingerprint density at radius 3 is 2.17 bits per heavy atom. The van der Waals surface area contributed by atoms with Crippen LogP contribution in [-0.2, 0) is 0 Å². The van der Waals surface area contributed by atoms with Crippen LogP contribution in [-0.4, -0.2) is 6.17 Å². The maximum atomic E-state index is 12.7.